The van der Waals surface area contributed by atoms with Gasteiger partial charge in [-0.25, -0.2) is 4.79 Å². The second-order valence-electron chi connectivity index (χ2n) is 11.5. The molecule has 4 aromatic rings. The molecule has 1 fully saturated rings. The average Bonchev–Trinajstić information content (AvgIpc) is 3.58. The molecule has 0 unspecified atom stereocenters. The molecule has 224 valence electrons. The third-order valence-electron chi connectivity index (χ3n) is 6.54. The van der Waals surface area contributed by atoms with Gasteiger partial charge >= 0.3 is 6.09 Å². The van der Waals surface area contributed by atoms with Gasteiger partial charge in [0.05, 0.1) is 26.4 Å². The highest BCUT2D eigenvalue weighted by Gasteiger charge is 2.46. The van der Waals surface area contributed by atoms with Crippen LogP contribution < -0.4 is 14.8 Å². The van der Waals surface area contributed by atoms with Gasteiger partial charge in [0.2, 0.25) is 5.82 Å². The van der Waals surface area contributed by atoms with Gasteiger partial charge in [0.25, 0.3) is 5.89 Å². The summed E-state index contributed by atoms with van der Waals surface area (Å²) in [6.07, 6.45) is -0.600. The number of hydrogen-bond donors (Lipinski definition) is 1. The number of hydrogen-bond acceptors (Lipinski definition) is 10. The van der Waals surface area contributed by atoms with Crippen LogP contribution in [0.3, 0.4) is 0 Å². The second kappa shape index (κ2) is 11.3. The number of nitrogens with zero attached hydrogens (tertiary/aromatic N) is 2. The molecule has 1 aliphatic rings. The van der Waals surface area contributed by atoms with Crippen LogP contribution in [0.2, 0.25) is 0 Å². The number of fused-ring (bicyclic) bond motifs is 1. The number of nitrogens with one attached hydrogen (secondary N) is 1. The first-order valence-corrected chi connectivity index (χ1v) is 14.0. The molecule has 11 nitrogen and oxygen atoms in total. The maximum absolute atomic E-state index is 12.8. The molecule has 0 aliphatic carbocycles. The molecule has 42 heavy (non-hydrogen) atoms. The number of furan rings is 1. The van der Waals surface area contributed by atoms with E-state index in [1.807, 2.05) is 70.2 Å². The Bertz CT molecular complexity index is 1560. The van der Waals surface area contributed by atoms with Gasteiger partial charge < -0.3 is 37.9 Å². The van der Waals surface area contributed by atoms with Crippen molar-refractivity contribution in [2.45, 2.75) is 65.4 Å². The molecule has 0 saturated carbocycles. The van der Waals surface area contributed by atoms with Gasteiger partial charge in [-0.1, -0.05) is 5.16 Å². The highest BCUT2D eigenvalue weighted by atomic mass is 16.7. The highest BCUT2D eigenvalue weighted by molar-refractivity contribution is 5.83. The van der Waals surface area contributed by atoms with Crippen LogP contribution in [0.5, 0.6) is 11.5 Å². The van der Waals surface area contributed by atoms with Crippen molar-refractivity contribution in [1.29, 1.82) is 0 Å². The Morgan fingerprint density at radius 1 is 0.952 bits per heavy atom. The van der Waals surface area contributed by atoms with Gasteiger partial charge in [-0.05, 0) is 90.9 Å². The van der Waals surface area contributed by atoms with Crippen molar-refractivity contribution < 1.29 is 37.4 Å². The Hall–Kier alpha value is -4.09. The molecule has 1 amide bonds. The molecule has 1 saturated heterocycles. The second-order valence-corrected chi connectivity index (χ2v) is 11.5. The fourth-order valence-electron chi connectivity index (χ4n) is 4.51. The summed E-state index contributed by atoms with van der Waals surface area (Å²) in [5, 5.41) is 7.92. The van der Waals surface area contributed by atoms with Crippen molar-refractivity contribution >= 4 is 17.1 Å². The molecule has 0 spiro atoms. The van der Waals surface area contributed by atoms with Gasteiger partial charge in [-0.3, -0.25) is 0 Å². The van der Waals surface area contributed by atoms with Gasteiger partial charge in [-0.2, -0.15) is 4.98 Å². The van der Waals surface area contributed by atoms with E-state index in [9.17, 15) is 4.79 Å². The van der Waals surface area contributed by atoms with E-state index in [-0.39, 0.29) is 13.2 Å². The lowest BCUT2D eigenvalue weighted by Crippen LogP contribution is -2.59. The third kappa shape index (κ3) is 6.37. The fraction of sp³-hybridized carbons (Fsp3) is 0.452. The largest absolute Gasteiger partial charge is 0.490 e. The summed E-state index contributed by atoms with van der Waals surface area (Å²) in [4.78, 5) is 17.4. The summed E-state index contributed by atoms with van der Waals surface area (Å²) in [7, 11) is 0. The van der Waals surface area contributed by atoms with Crippen molar-refractivity contribution in [1.82, 2.24) is 15.5 Å². The zero-order chi connectivity index (χ0) is 30.1. The monoisotopic (exact) mass is 579 g/mol. The van der Waals surface area contributed by atoms with Crippen LogP contribution in [-0.2, 0) is 19.7 Å². The maximum Gasteiger partial charge on any atom is 0.408 e. The minimum Gasteiger partial charge on any atom is -0.490 e. The lowest BCUT2D eigenvalue weighted by atomic mass is 9.96. The first kappa shape index (κ1) is 29.4. The zero-order valence-electron chi connectivity index (χ0n) is 25.0. The van der Waals surface area contributed by atoms with Crippen LogP contribution in [0.15, 0.2) is 51.4 Å². The molecule has 0 bridgehead atoms. The standard InChI is InChI=1S/C31H37N3O8/c1-8-36-23-13-11-20(15-24(23)37-9-2)27-32-26(34-42-27)19-10-12-22-21(14-19)16-25(40-22)31(17-38-30(6,7)39-18-31)33-28(35)41-29(3,4)5/h10-16H,8-9,17-18H2,1-7H3,(H,33,35). The van der Waals surface area contributed by atoms with Crippen molar-refractivity contribution in [3.63, 3.8) is 0 Å². The third-order valence-corrected chi connectivity index (χ3v) is 6.54. The molecule has 2 aromatic carbocycles. The molecule has 1 N–H and O–H groups in total. The number of benzene rings is 2. The predicted octanol–water partition coefficient (Wildman–Crippen LogP) is 6.45. The summed E-state index contributed by atoms with van der Waals surface area (Å²) in [5.41, 5.74) is 0.279. The van der Waals surface area contributed by atoms with E-state index in [4.69, 9.17) is 32.6 Å². The smallest absolute Gasteiger partial charge is 0.408 e. The van der Waals surface area contributed by atoms with Gasteiger partial charge in [0.1, 0.15) is 22.5 Å². The minimum absolute atomic E-state index is 0.131. The van der Waals surface area contributed by atoms with E-state index in [1.165, 1.54) is 0 Å². The molecular weight excluding hydrogens is 542 g/mol. The Kier molecular flexibility index (Phi) is 7.91. The van der Waals surface area contributed by atoms with Crippen molar-refractivity contribution in [3.8, 4) is 34.3 Å². The number of amides is 1. The minimum atomic E-state index is -1.09. The number of ether oxygens (including phenoxy) is 5. The van der Waals surface area contributed by atoms with Crippen molar-refractivity contribution in [3.05, 3.63) is 48.2 Å². The first-order chi connectivity index (χ1) is 19.9. The molecule has 11 heteroatoms. The number of aromatic nitrogens is 2. The summed E-state index contributed by atoms with van der Waals surface area (Å²) < 4.78 is 40.6. The fourth-order valence-corrected chi connectivity index (χ4v) is 4.51. The van der Waals surface area contributed by atoms with Crippen LogP contribution in [0.4, 0.5) is 4.79 Å². The number of alkyl carbamates (subject to hydrolysis) is 1. The van der Waals surface area contributed by atoms with E-state index >= 15 is 0 Å². The summed E-state index contributed by atoms with van der Waals surface area (Å²) in [6, 6.07) is 12.9. The Morgan fingerprint density at radius 3 is 2.33 bits per heavy atom. The number of carbonyl (C=O) groups excluding carboxylic acids is 1. The quantitative estimate of drug-likeness (QED) is 0.249. The van der Waals surface area contributed by atoms with Crippen molar-refractivity contribution in [2.24, 2.45) is 0 Å². The lowest BCUT2D eigenvalue weighted by molar-refractivity contribution is -0.274. The van der Waals surface area contributed by atoms with E-state index in [0.29, 0.717) is 53.3 Å². The van der Waals surface area contributed by atoms with E-state index in [0.717, 1.165) is 10.9 Å². The summed E-state index contributed by atoms with van der Waals surface area (Å²) >= 11 is 0. The Balaban J connectivity index is 1.44. The molecular formula is C31H37N3O8. The molecule has 0 radical (unpaired) electrons. The zero-order valence-corrected chi connectivity index (χ0v) is 25.0. The van der Waals surface area contributed by atoms with E-state index in [1.54, 1.807) is 20.8 Å². The maximum atomic E-state index is 12.8. The topological polar surface area (TPSA) is 127 Å². The molecule has 3 heterocycles. The molecule has 5 rings (SSSR count). The summed E-state index contributed by atoms with van der Waals surface area (Å²) in [5.74, 6) is 1.69. The molecule has 1 aliphatic heterocycles. The Labute approximate surface area is 244 Å². The van der Waals surface area contributed by atoms with Crippen LogP contribution in [0.1, 0.15) is 54.2 Å². The van der Waals surface area contributed by atoms with Crippen molar-refractivity contribution in [2.75, 3.05) is 26.4 Å². The summed E-state index contributed by atoms with van der Waals surface area (Å²) in [6.45, 7) is 14.2. The predicted molar refractivity (Wildman–Crippen MR) is 154 cm³/mol. The molecule has 0 atom stereocenters. The van der Waals surface area contributed by atoms with Crippen LogP contribution >= 0.6 is 0 Å². The number of rotatable bonds is 8. The SMILES string of the molecule is CCOc1ccc(-c2nc(-c3ccc4oc(C5(NC(=O)OC(C)(C)C)COC(C)(C)OC5)cc4c3)no2)cc1OCC. The lowest BCUT2D eigenvalue weighted by Gasteiger charge is -2.42. The Morgan fingerprint density at radius 2 is 1.64 bits per heavy atom. The van der Waals surface area contributed by atoms with Gasteiger partial charge in [0, 0.05) is 16.5 Å². The average molecular weight is 580 g/mol. The van der Waals surface area contributed by atoms with E-state index in [2.05, 4.69) is 15.5 Å². The van der Waals surface area contributed by atoms with Gasteiger partial charge in [0.15, 0.2) is 17.3 Å². The van der Waals surface area contributed by atoms with Crippen LogP contribution in [0, 0.1) is 0 Å². The number of carbonyl (C=O) groups is 1. The van der Waals surface area contributed by atoms with Gasteiger partial charge in [-0.15, -0.1) is 0 Å². The molecule has 2 aromatic heterocycles. The van der Waals surface area contributed by atoms with Crippen LogP contribution in [0.25, 0.3) is 33.8 Å². The van der Waals surface area contributed by atoms with E-state index < -0.39 is 23.0 Å². The highest BCUT2D eigenvalue weighted by Crippen LogP contribution is 2.37. The first-order valence-electron chi connectivity index (χ1n) is 14.0. The van der Waals surface area contributed by atoms with Crippen LogP contribution in [-0.4, -0.2) is 54.0 Å². The normalized spacial score (nSPS) is 16.3.